The van der Waals surface area contributed by atoms with Crippen molar-refractivity contribution in [2.24, 2.45) is 0 Å². The highest BCUT2D eigenvalue weighted by Gasteiger charge is 2.16. The van der Waals surface area contributed by atoms with E-state index in [1.165, 1.54) is 0 Å². The molecule has 0 saturated carbocycles. The third-order valence-corrected chi connectivity index (χ3v) is 1.96. The molecule has 0 radical (unpaired) electrons. The Hall–Kier alpha value is -0.970. The van der Waals surface area contributed by atoms with E-state index < -0.39 is 18.9 Å². The first kappa shape index (κ1) is 10.1. The van der Waals surface area contributed by atoms with Crippen molar-refractivity contribution in [3.8, 4) is 0 Å². The summed E-state index contributed by atoms with van der Waals surface area (Å²) in [6.45, 7) is 2.45. The maximum Gasteiger partial charge on any atom is 0.255 e. The Morgan fingerprint density at radius 3 is 2.62 bits per heavy atom. The van der Waals surface area contributed by atoms with Gasteiger partial charge in [-0.15, -0.1) is 0 Å². The minimum absolute atomic E-state index is 0.392. The van der Waals surface area contributed by atoms with E-state index in [2.05, 4.69) is 10.6 Å². The lowest BCUT2D eigenvalue weighted by Gasteiger charge is -2.21. The Morgan fingerprint density at radius 1 is 1.62 bits per heavy atom. The highest BCUT2D eigenvalue weighted by molar-refractivity contribution is 5.93. The van der Waals surface area contributed by atoms with Crippen LogP contribution in [0.15, 0.2) is 11.1 Å². The van der Waals surface area contributed by atoms with Gasteiger partial charge in [0.25, 0.3) is 6.43 Å². The van der Waals surface area contributed by atoms with E-state index in [0.29, 0.717) is 18.7 Å². The zero-order valence-corrected chi connectivity index (χ0v) is 7.36. The average molecular weight is 190 g/mol. The summed E-state index contributed by atoms with van der Waals surface area (Å²) in [5.74, 6) is -0.392. The molecule has 74 valence electrons. The molecule has 0 spiro atoms. The Balaban J connectivity index is 2.39. The van der Waals surface area contributed by atoms with Gasteiger partial charge in [-0.2, -0.15) is 0 Å². The zero-order valence-electron chi connectivity index (χ0n) is 7.36. The second-order valence-corrected chi connectivity index (χ2v) is 2.93. The molecule has 1 aliphatic rings. The summed E-state index contributed by atoms with van der Waals surface area (Å²) in [7, 11) is 0. The summed E-state index contributed by atoms with van der Waals surface area (Å²) in [6, 6.07) is 0. The van der Waals surface area contributed by atoms with Crippen molar-refractivity contribution in [1.29, 1.82) is 0 Å². The largest absolute Gasteiger partial charge is 0.347 e. The van der Waals surface area contributed by atoms with Gasteiger partial charge in [-0.25, -0.2) is 8.78 Å². The molecule has 5 heteroatoms. The van der Waals surface area contributed by atoms with Crippen LogP contribution in [0.3, 0.4) is 0 Å². The summed E-state index contributed by atoms with van der Waals surface area (Å²) in [6.07, 6.45) is -2.48. The van der Waals surface area contributed by atoms with Gasteiger partial charge in [0.1, 0.15) is 0 Å². The van der Waals surface area contributed by atoms with E-state index in [-0.39, 0.29) is 0 Å². The van der Waals surface area contributed by atoms with Crippen LogP contribution in [0.2, 0.25) is 0 Å². The van der Waals surface area contributed by atoms with Crippen LogP contribution in [0, 0.1) is 0 Å². The highest BCUT2D eigenvalue weighted by atomic mass is 19.3. The first-order valence-electron chi connectivity index (χ1n) is 4.07. The van der Waals surface area contributed by atoms with Crippen molar-refractivity contribution < 1.29 is 13.6 Å². The maximum atomic E-state index is 11.7. The van der Waals surface area contributed by atoms with E-state index in [4.69, 9.17) is 0 Å². The SMILES string of the molecule is CC(C(=O)NCC(F)F)=C1CNC1. The molecule has 0 aromatic carbocycles. The lowest BCUT2D eigenvalue weighted by atomic mass is 10.0. The second kappa shape index (κ2) is 4.32. The molecule has 1 fully saturated rings. The number of amides is 1. The number of carbonyl (C=O) groups excluding carboxylic acids is 1. The number of hydrogen-bond donors (Lipinski definition) is 2. The number of halogens is 2. The van der Waals surface area contributed by atoms with E-state index in [0.717, 1.165) is 5.57 Å². The van der Waals surface area contributed by atoms with Crippen molar-refractivity contribution in [2.45, 2.75) is 13.3 Å². The lowest BCUT2D eigenvalue weighted by Crippen LogP contribution is -2.38. The summed E-state index contributed by atoms with van der Waals surface area (Å²) in [4.78, 5) is 11.2. The topological polar surface area (TPSA) is 41.1 Å². The van der Waals surface area contributed by atoms with E-state index in [1.807, 2.05) is 0 Å². The van der Waals surface area contributed by atoms with Gasteiger partial charge >= 0.3 is 0 Å². The minimum atomic E-state index is -2.48. The Bertz CT molecular complexity index is 232. The van der Waals surface area contributed by atoms with Gasteiger partial charge in [-0.05, 0) is 12.5 Å². The normalized spacial score (nSPS) is 15.5. The predicted octanol–water partition coefficient (Wildman–Crippen LogP) is 0.287. The Labute approximate surface area is 75.2 Å². The molecule has 1 heterocycles. The molecular weight excluding hydrogens is 178 g/mol. The van der Waals surface area contributed by atoms with Gasteiger partial charge < -0.3 is 10.6 Å². The molecule has 0 unspecified atom stereocenters. The fraction of sp³-hybridized carbons (Fsp3) is 0.625. The molecule has 0 aliphatic carbocycles. The van der Waals surface area contributed by atoms with Crippen molar-refractivity contribution in [2.75, 3.05) is 19.6 Å². The summed E-state index contributed by atoms with van der Waals surface area (Å²) >= 11 is 0. The van der Waals surface area contributed by atoms with Gasteiger partial charge in [0, 0.05) is 18.7 Å². The monoisotopic (exact) mass is 190 g/mol. The molecule has 1 saturated heterocycles. The summed E-state index contributed by atoms with van der Waals surface area (Å²) in [5.41, 5.74) is 1.55. The molecule has 0 bridgehead atoms. The van der Waals surface area contributed by atoms with Crippen molar-refractivity contribution in [3.05, 3.63) is 11.1 Å². The van der Waals surface area contributed by atoms with Gasteiger partial charge in [-0.1, -0.05) is 0 Å². The Kier molecular flexibility index (Phi) is 3.36. The van der Waals surface area contributed by atoms with Gasteiger partial charge in [0.2, 0.25) is 5.91 Å². The first-order valence-corrected chi connectivity index (χ1v) is 4.07. The highest BCUT2D eigenvalue weighted by Crippen LogP contribution is 2.08. The molecule has 1 aliphatic heterocycles. The maximum absolute atomic E-state index is 11.7. The molecule has 3 nitrogen and oxygen atoms in total. The average Bonchev–Trinajstić information content (AvgIpc) is 1.96. The van der Waals surface area contributed by atoms with Crippen molar-refractivity contribution >= 4 is 5.91 Å². The number of alkyl halides is 2. The van der Waals surface area contributed by atoms with Crippen molar-refractivity contribution in [1.82, 2.24) is 10.6 Å². The van der Waals surface area contributed by atoms with Crippen LogP contribution in [0.25, 0.3) is 0 Å². The smallest absolute Gasteiger partial charge is 0.255 e. The van der Waals surface area contributed by atoms with E-state index >= 15 is 0 Å². The minimum Gasteiger partial charge on any atom is -0.347 e. The van der Waals surface area contributed by atoms with Gasteiger partial charge in [-0.3, -0.25) is 4.79 Å². The first-order chi connectivity index (χ1) is 6.11. The van der Waals surface area contributed by atoms with Crippen LogP contribution in [0.4, 0.5) is 8.78 Å². The lowest BCUT2D eigenvalue weighted by molar-refractivity contribution is -0.118. The van der Waals surface area contributed by atoms with Crippen LogP contribution in [-0.2, 0) is 4.79 Å². The van der Waals surface area contributed by atoms with Crippen LogP contribution in [-0.4, -0.2) is 32.0 Å². The molecule has 0 aromatic heterocycles. The molecule has 1 rings (SSSR count). The summed E-state index contributed by atoms with van der Waals surface area (Å²) < 4.78 is 23.4. The van der Waals surface area contributed by atoms with E-state index in [9.17, 15) is 13.6 Å². The van der Waals surface area contributed by atoms with Gasteiger partial charge in [0.15, 0.2) is 0 Å². The third-order valence-electron chi connectivity index (χ3n) is 1.96. The van der Waals surface area contributed by atoms with Crippen molar-refractivity contribution in [3.63, 3.8) is 0 Å². The molecule has 2 N–H and O–H groups in total. The molecule has 0 atom stereocenters. The van der Waals surface area contributed by atoms with E-state index in [1.54, 1.807) is 6.92 Å². The zero-order chi connectivity index (χ0) is 9.84. The van der Waals surface area contributed by atoms with Crippen LogP contribution in [0.1, 0.15) is 6.92 Å². The Morgan fingerprint density at radius 2 is 2.23 bits per heavy atom. The molecule has 13 heavy (non-hydrogen) atoms. The fourth-order valence-corrected chi connectivity index (χ4v) is 0.978. The third kappa shape index (κ3) is 2.77. The number of rotatable bonds is 3. The quantitative estimate of drug-likeness (QED) is 0.628. The fourth-order valence-electron chi connectivity index (χ4n) is 0.978. The number of carbonyl (C=O) groups is 1. The van der Waals surface area contributed by atoms with Crippen LogP contribution >= 0.6 is 0 Å². The molecule has 0 aromatic rings. The number of nitrogens with one attached hydrogen (secondary N) is 2. The van der Waals surface area contributed by atoms with Crippen LogP contribution < -0.4 is 10.6 Å². The standard InChI is InChI=1S/C8H12F2N2O/c1-5(6-2-11-3-6)8(13)12-4-7(9)10/h7,11H,2-4H2,1H3,(H,12,13). The molecular formula is C8H12F2N2O. The van der Waals surface area contributed by atoms with Gasteiger partial charge in [0.05, 0.1) is 6.54 Å². The second-order valence-electron chi connectivity index (χ2n) is 2.93. The molecule has 1 amide bonds. The number of hydrogen-bond acceptors (Lipinski definition) is 2. The van der Waals surface area contributed by atoms with Crippen LogP contribution in [0.5, 0.6) is 0 Å². The predicted molar refractivity (Wildman–Crippen MR) is 44.6 cm³/mol. The summed E-state index contributed by atoms with van der Waals surface area (Å²) in [5, 5.41) is 5.13.